The van der Waals surface area contributed by atoms with E-state index in [1.165, 1.54) is 10.6 Å². The van der Waals surface area contributed by atoms with Crippen LogP contribution >= 0.6 is 12.4 Å². The molecule has 0 aliphatic carbocycles. The van der Waals surface area contributed by atoms with Gasteiger partial charge in [0.15, 0.2) is 0 Å². The molecule has 43 heavy (non-hydrogen) atoms. The number of nitrogens with one attached hydrogen (secondary N) is 4. The van der Waals surface area contributed by atoms with Crippen molar-refractivity contribution in [3.05, 3.63) is 65.9 Å². The van der Waals surface area contributed by atoms with Crippen LogP contribution in [0.3, 0.4) is 0 Å². The van der Waals surface area contributed by atoms with Crippen LogP contribution in [0.25, 0.3) is 10.9 Å². The average Bonchev–Trinajstić information content (AvgIpc) is 3.55. The van der Waals surface area contributed by atoms with Crippen molar-refractivity contribution in [3.63, 3.8) is 0 Å². The summed E-state index contributed by atoms with van der Waals surface area (Å²) in [7, 11) is -1.81. The van der Waals surface area contributed by atoms with Gasteiger partial charge in [0.25, 0.3) is 0 Å². The number of likely N-dealkylation sites (N-methyl/N-ethyl adjacent to an activating group) is 1. The summed E-state index contributed by atoms with van der Waals surface area (Å²) < 4.78 is 26.7. The fourth-order valence-electron chi connectivity index (χ4n) is 6.34. The van der Waals surface area contributed by atoms with Crippen LogP contribution in [0.2, 0.25) is 0 Å². The van der Waals surface area contributed by atoms with Gasteiger partial charge in [-0.3, -0.25) is 18.7 Å². The first-order valence-corrected chi connectivity index (χ1v) is 16.0. The van der Waals surface area contributed by atoms with Crippen molar-refractivity contribution in [1.82, 2.24) is 25.8 Å². The smallest absolute Gasteiger partial charge is 0.245 e. The lowest BCUT2D eigenvalue weighted by atomic mass is 9.74. The molecule has 3 aromatic rings. The number of sulfonamides is 1. The molecular formula is C30H39ClN6O5S. The number of piperidine rings is 1. The van der Waals surface area contributed by atoms with Crippen molar-refractivity contribution in [2.75, 3.05) is 50.3 Å². The lowest BCUT2D eigenvalue weighted by Gasteiger charge is -2.41. The molecule has 13 heteroatoms. The highest BCUT2D eigenvalue weighted by Gasteiger charge is 2.48. The Labute approximate surface area is 258 Å². The van der Waals surface area contributed by atoms with Gasteiger partial charge in [-0.25, -0.2) is 8.42 Å². The van der Waals surface area contributed by atoms with Crippen LogP contribution in [0, 0.1) is 0 Å². The van der Waals surface area contributed by atoms with Gasteiger partial charge in [-0.1, -0.05) is 43.3 Å². The van der Waals surface area contributed by atoms with Crippen molar-refractivity contribution >= 4 is 56.7 Å². The number of rotatable bonds is 9. The van der Waals surface area contributed by atoms with Gasteiger partial charge in [0, 0.05) is 48.1 Å². The highest BCUT2D eigenvalue weighted by molar-refractivity contribution is 7.92. The molecule has 0 unspecified atom stereocenters. The second-order valence-electron chi connectivity index (χ2n) is 11.3. The Morgan fingerprint density at radius 3 is 2.37 bits per heavy atom. The van der Waals surface area contributed by atoms with E-state index in [9.17, 15) is 22.8 Å². The summed E-state index contributed by atoms with van der Waals surface area (Å²) in [6.07, 6.45) is 4.30. The van der Waals surface area contributed by atoms with Crippen molar-refractivity contribution in [2.24, 2.45) is 0 Å². The number of benzene rings is 2. The minimum Gasteiger partial charge on any atom is -0.361 e. The van der Waals surface area contributed by atoms with E-state index in [4.69, 9.17) is 0 Å². The number of anilines is 1. The van der Waals surface area contributed by atoms with Gasteiger partial charge in [0.05, 0.1) is 25.0 Å². The molecule has 1 saturated heterocycles. The maximum absolute atomic E-state index is 14.1. The predicted molar refractivity (Wildman–Crippen MR) is 169 cm³/mol. The van der Waals surface area contributed by atoms with E-state index >= 15 is 0 Å². The zero-order valence-electron chi connectivity index (χ0n) is 24.6. The summed E-state index contributed by atoms with van der Waals surface area (Å²) >= 11 is 0. The summed E-state index contributed by atoms with van der Waals surface area (Å²) in [5.41, 5.74) is 3.17. The summed E-state index contributed by atoms with van der Waals surface area (Å²) in [5.74, 6) is -1.34. The number of carbonyl (C=O) groups is 3. The molecule has 0 radical (unpaired) electrons. The third kappa shape index (κ3) is 6.51. The van der Waals surface area contributed by atoms with E-state index in [0.29, 0.717) is 38.2 Å². The zero-order valence-corrected chi connectivity index (χ0v) is 26.2. The Morgan fingerprint density at radius 2 is 1.67 bits per heavy atom. The first-order valence-electron chi connectivity index (χ1n) is 14.2. The van der Waals surface area contributed by atoms with Gasteiger partial charge >= 0.3 is 0 Å². The topological polar surface area (TPSA) is 144 Å². The molecule has 3 amide bonds. The lowest BCUT2D eigenvalue weighted by Crippen LogP contribution is -2.56. The highest BCUT2D eigenvalue weighted by atomic mass is 35.5. The van der Waals surface area contributed by atoms with Crippen molar-refractivity contribution < 1.29 is 22.8 Å². The van der Waals surface area contributed by atoms with Gasteiger partial charge in [0.2, 0.25) is 27.7 Å². The summed E-state index contributed by atoms with van der Waals surface area (Å²) in [6, 6.07) is 14.5. The quantitative estimate of drug-likeness (QED) is 0.284. The van der Waals surface area contributed by atoms with Gasteiger partial charge < -0.3 is 25.8 Å². The van der Waals surface area contributed by atoms with Crippen molar-refractivity contribution in [3.8, 4) is 0 Å². The highest BCUT2D eigenvalue weighted by Crippen LogP contribution is 2.48. The number of likely N-dealkylation sites (tertiary alicyclic amines) is 1. The number of para-hydroxylation sites is 2. The summed E-state index contributed by atoms with van der Waals surface area (Å²) in [5, 5.41) is 9.19. The largest absolute Gasteiger partial charge is 0.361 e. The number of hydrogen-bond acceptors (Lipinski definition) is 6. The maximum Gasteiger partial charge on any atom is 0.245 e. The Hall–Kier alpha value is -3.61. The molecule has 2 aromatic carbocycles. The fraction of sp³-hybridized carbons (Fsp3) is 0.433. The molecular weight excluding hydrogens is 592 g/mol. The molecule has 4 N–H and O–H groups in total. The number of aromatic amines is 1. The van der Waals surface area contributed by atoms with Crippen LogP contribution in [0.4, 0.5) is 5.69 Å². The Kier molecular flexibility index (Phi) is 9.73. The van der Waals surface area contributed by atoms with E-state index in [0.717, 1.165) is 22.0 Å². The number of nitrogens with zero attached hydrogens (tertiary/aromatic N) is 2. The van der Waals surface area contributed by atoms with Crippen LogP contribution in [0.1, 0.15) is 36.8 Å². The molecule has 2 aliphatic rings. The van der Waals surface area contributed by atoms with Crippen molar-refractivity contribution in [1.29, 1.82) is 0 Å². The van der Waals surface area contributed by atoms with Crippen LogP contribution in [0.5, 0.6) is 0 Å². The van der Waals surface area contributed by atoms with E-state index in [2.05, 4.69) is 20.9 Å². The number of aromatic nitrogens is 1. The Morgan fingerprint density at radius 1 is 1.00 bits per heavy atom. The molecule has 11 nitrogen and oxygen atoms in total. The fourth-order valence-corrected chi connectivity index (χ4v) is 7.34. The van der Waals surface area contributed by atoms with Crippen LogP contribution in [0.15, 0.2) is 54.7 Å². The molecule has 1 fully saturated rings. The normalized spacial score (nSPS) is 17.2. The second kappa shape index (κ2) is 12.9. The molecule has 3 heterocycles. The number of carbonyl (C=O) groups excluding carboxylic acids is 3. The molecule has 1 spiro atoms. The van der Waals surface area contributed by atoms with Gasteiger partial charge in [0.1, 0.15) is 6.04 Å². The average molecular weight is 631 g/mol. The second-order valence-corrected chi connectivity index (χ2v) is 13.2. The molecule has 1 aromatic heterocycles. The van der Waals surface area contributed by atoms with Gasteiger partial charge in [-0.2, -0.15) is 0 Å². The van der Waals surface area contributed by atoms with Crippen LogP contribution < -0.4 is 20.3 Å². The number of halogens is 1. The molecule has 232 valence electrons. The molecule has 0 saturated carbocycles. The molecule has 5 rings (SSSR count). The summed E-state index contributed by atoms with van der Waals surface area (Å²) in [6.45, 7) is 2.96. The zero-order chi connectivity index (χ0) is 30.1. The minimum absolute atomic E-state index is 0. The number of fused-ring (bicyclic) bond motifs is 3. The number of hydrogen-bond donors (Lipinski definition) is 4. The first kappa shape index (κ1) is 32.3. The van der Waals surface area contributed by atoms with Gasteiger partial charge in [-0.15, -0.1) is 12.4 Å². The third-order valence-corrected chi connectivity index (χ3v) is 9.73. The Balaban J connectivity index is 0.00000423. The van der Waals surface area contributed by atoms with Crippen LogP contribution in [-0.4, -0.2) is 88.1 Å². The number of H-pyrrole nitrogens is 1. The van der Waals surface area contributed by atoms with Gasteiger partial charge in [-0.05, 0) is 43.1 Å². The van der Waals surface area contributed by atoms with E-state index in [-0.39, 0.29) is 48.6 Å². The SMILES string of the molecule is CNCC(=O)NCC(=O)N[C@H](C(=O)N1CCC2(CC1)CN(S(C)(=O)=O)c1ccccc12)[C@H](C)c1c[nH]c2ccccc12.Cl. The molecule has 0 bridgehead atoms. The predicted octanol–water partition coefficient (Wildman–Crippen LogP) is 1.85. The number of amides is 3. The molecule has 2 aliphatic heterocycles. The first-order chi connectivity index (χ1) is 20.0. The van der Waals surface area contributed by atoms with E-state index < -0.39 is 22.0 Å². The third-order valence-electron chi connectivity index (χ3n) is 8.60. The van der Waals surface area contributed by atoms with E-state index in [1.54, 1.807) is 11.9 Å². The minimum atomic E-state index is -3.45. The van der Waals surface area contributed by atoms with E-state index in [1.807, 2.05) is 61.7 Å². The lowest BCUT2D eigenvalue weighted by molar-refractivity contribution is -0.138. The van der Waals surface area contributed by atoms with Crippen LogP contribution in [-0.2, 0) is 29.8 Å². The maximum atomic E-state index is 14.1. The van der Waals surface area contributed by atoms with Crippen molar-refractivity contribution in [2.45, 2.75) is 37.1 Å². The standard InChI is InChI=1S/C30H38N6O5S.ClH/c1-20(22-16-32-24-10-6-4-8-21(22)24)28(34-27(38)18-33-26(37)17-31-2)29(39)35-14-12-30(13-15-35)19-36(42(3,40)41)25-11-7-5-9-23(25)30;/h4-11,16,20,28,31-32H,12-15,17-19H2,1-3H3,(H,33,37)(H,34,38);1H/t20-,28+;/m1./s1. The summed E-state index contributed by atoms with van der Waals surface area (Å²) in [4.78, 5) is 44.0. The Bertz CT molecular complexity index is 1600. The molecule has 2 atom stereocenters. The monoisotopic (exact) mass is 630 g/mol.